The Morgan fingerprint density at radius 1 is 1.67 bits per heavy atom. The van der Waals surface area contributed by atoms with Crippen LogP contribution >= 0.6 is 27.3 Å². The summed E-state index contributed by atoms with van der Waals surface area (Å²) in [5.74, 6) is 0.339. The predicted molar refractivity (Wildman–Crippen MR) is 56.4 cm³/mol. The van der Waals surface area contributed by atoms with Crippen LogP contribution in [-0.4, -0.2) is 5.11 Å². The van der Waals surface area contributed by atoms with Gasteiger partial charge in [-0.2, -0.15) is 0 Å². The van der Waals surface area contributed by atoms with Crippen molar-refractivity contribution < 1.29 is 5.11 Å². The molecule has 0 saturated heterocycles. The van der Waals surface area contributed by atoms with Crippen molar-refractivity contribution >= 4 is 27.3 Å². The highest BCUT2D eigenvalue weighted by atomic mass is 79.9. The number of hydrogen-bond donors (Lipinski definition) is 1. The normalized spacial score (nSPS) is 16.0. The van der Waals surface area contributed by atoms with Crippen molar-refractivity contribution in [2.24, 2.45) is 5.92 Å². The molecule has 1 N–H and O–H groups in total. The highest BCUT2D eigenvalue weighted by Crippen LogP contribution is 2.30. The second-order valence-electron chi connectivity index (χ2n) is 3.01. The molecular weight excluding hydrogens is 236 g/mol. The molecule has 1 rings (SSSR count). The Bertz CT molecular complexity index is 246. The van der Waals surface area contributed by atoms with Gasteiger partial charge in [0.05, 0.1) is 9.89 Å². The second kappa shape index (κ2) is 4.40. The minimum atomic E-state index is -0.308. The van der Waals surface area contributed by atoms with Crippen molar-refractivity contribution in [2.45, 2.75) is 26.4 Å². The van der Waals surface area contributed by atoms with Gasteiger partial charge in [0.1, 0.15) is 0 Å². The third-order valence-electron chi connectivity index (χ3n) is 2.11. The summed E-state index contributed by atoms with van der Waals surface area (Å²) < 4.78 is 1.08. The number of rotatable bonds is 3. The summed E-state index contributed by atoms with van der Waals surface area (Å²) in [5.41, 5.74) is 1.03. The Kier molecular flexibility index (Phi) is 3.75. The maximum atomic E-state index is 9.79. The molecule has 0 fully saturated rings. The van der Waals surface area contributed by atoms with Crippen LogP contribution in [0.15, 0.2) is 15.2 Å². The molecule has 0 bridgehead atoms. The van der Waals surface area contributed by atoms with E-state index in [1.165, 1.54) is 0 Å². The average molecular weight is 249 g/mol. The molecule has 2 unspecified atom stereocenters. The molecule has 1 aromatic heterocycles. The number of hydrogen-bond acceptors (Lipinski definition) is 2. The van der Waals surface area contributed by atoms with Crippen LogP contribution in [0.3, 0.4) is 0 Å². The van der Waals surface area contributed by atoms with Gasteiger partial charge in [-0.25, -0.2) is 0 Å². The van der Waals surface area contributed by atoms with Gasteiger partial charge in [0.25, 0.3) is 0 Å². The van der Waals surface area contributed by atoms with Crippen molar-refractivity contribution in [3.8, 4) is 0 Å². The maximum absolute atomic E-state index is 9.79. The molecule has 3 heteroatoms. The fourth-order valence-corrected chi connectivity index (χ4v) is 2.24. The van der Waals surface area contributed by atoms with Gasteiger partial charge >= 0.3 is 0 Å². The Hall–Kier alpha value is 0.140. The highest BCUT2D eigenvalue weighted by molar-refractivity contribution is 9.11. The first-order valence-corrected chi connectivity index (χ1v) is 5.74. The molecular formula is C9H13BrOS. The largest absolute Gasteiger partial charge is 0.388 e. The molecule has 0 spiro atoms. The highest BCUT2D eigenvalue weighted by Gasteiger charge is 2.15. The van der Waals surface area contributed by atoms with E-state index in [4.69, 9.17) is 0 Å². The predicted octanol–water partition coefficient (Wildman–Crippen LogP) is 3.59. The fraction of sp³-hybridized carbons (Fsp3) is 0.556. The summed E-state index contributed by atoms with van der Waals surface area (Å²) in [6, 6.07) is 1.99. The Morgan fingerprint density at radius 3 is 2.75 bits per heavy atom. The van der Waals surface area contributed by atoms with Crippen molar-refractivity contribution in [1.82, 2.24) is 0 Å². The van der Waals surface area contributed by atoms with Crippen LogP contribution < -0.4 is 0 Å². The fourth-order valence-electron chi connectivity index (χ4n) is 1.03. The Morgan fingerprint density at radius 2 is 2.33 bits per heavy atom. The van der Waals surface area contributed by atoms with Gasteiger partial charge in [-0.3, -0.25) is 0 Å². The van der Waals surface area contributed by atoms with Crippen molar-refractivity contribution in [3.63, 3.8) is 0 Å². The minimum Gasteiger partial charge on any atom is -0.388 e. The standard InChI is InChI=1S/C9H13BrOS/c1-3-6(2)9(11)7-4-8(10)12-5-7/h4-6,9,11H,3H2,1-2H3. The molecule has 0 aliphatic rings. The summed E-state index contributed by atoms with van der Waals surface area (Å²) in [7, 11) is 0. The summed E-state index contributed by atoms with van der Waals surface area (Å²) in [4.78, 5) is 0. The second-order valence-corrected chi connectivity index (χ2v) is 5.30. The smallest absolute Gasteiger partial charge is 0.0823 e. The first-order chi connectivity index (χ1) is 5.65. The first-order valence-electron chi connectivity index (χ1n) is 4.07. The summed E-state index contributed by atoms with van der Waals surface area (Å²) >= 11 is 5.00. The zero-order chi connectivity index (χ0) is 9.14. The van der Waals surface area contributed by atoms with Gasteiger partial charge in [0, 0.05) is 0 Å². The van der Waals surface area contributed by atoms with E-state index in [2.05, 4.69) is 29.8 Å². The molecule has 0 amide bonds. The molecule has 1 aromatic rings. The van der Waals surface area contributed by atoms with Crippen LogP contribution in [0.25, 0.3) is 0 Å². The van der Waals surface area contributed by atoms with Crippen molar-refractivity contribution in [2.75, 3.05) is 0 Å². The Labute approximate surface area is 85.6 Å². The minimum absolute atomic E-state index is 0.308. The van der Waals surface area contributed by atoms with E-state index < -0.39 is 0 Å². The summed E-state index contributed by atoms with van der Waals surface area (Å²) in [5, 5.41) is 11.8. The molecule has 12 heavy (non-hydrogen) atoms. The van der Waals surface area contributed by atoms with E-state index in [-0.39, 0.29) is 6.10 Å². The number of aliphatic hydroxyl groups is 1. The molecule has 0 aliphatic carbocycles. The molecule has 0 radical (unpaired) electrons. The maximum Gasteiger partial charge on any atom is 0.0823 e. The van der Waals surface area contributed by atoms with Gasteiger partial charge in [0.2, 0.25) is 0 Å². The SMILES string of the molecule is CCC(C)C(O)c1csc(Br)c1. The molecule has 1 heterocycles. The van der Waals surface area contributed by atoms with Crippen LogP contribution in [0.2, 0.25) is 0 Å². The van der Waals surface area contributed by atoms with Gasteiger partial charge in [-0.05, 0) is 38.9 Å². The first kappa shape index (κ1) is 10.2. The van der Waals surface area contributed by atoms with Crippen LogP contribution in [0.4, 0.5) is 0 Å². The van der Waals surface area contributed by atoms with E-state index in [0.29, 0.717) is 5.92 Å². The third-order valence-corrected chi connectivity index (χ3v) is 3.63. The molecule has 68 valence electrons. The van der Waals surface area contributed by atoms with E-state index in [0.717, 1.165) is 15.8 Å². The van der Waals surface area contributed by atoms with Crippen LogP contribution in [-0.2, 0) is 0 Å². The molecule has 1 nitrogen and oxygen atoms in total. The van der Waals surface area contributed by atoms with E-state index in [1.54, 1.807) is 11.3 Å². The molecule has 2 atom stereocenters. The third kappa shape index (κ3) is 2.31. The van der Waals surface area contributed by atoms with E-state index in [1.807, 2.05) is 11.4 Å². The lowest BCUT2D eigenvalue weighted by molar-refractivity contribution is 0.116. The average Bonchev–Trinajstić information content (AvgIpc) is 2.49. The van der Waals surface area contributed by atoms with E-state index in [9.17, 15) is 5.11 Å². The van der Waals surface area contributed by atoms with Crippen LogP contribution in [0.5, 0.6) is 0 Å². The topological polar surface area (TPSA) is 20.2 Å². The Balaban J connectivity index is 2.70. The zero-order valence-electron chi connectivity index (χ0n) is 7.25. The quantitative estimate of drug-likeness (QED) is 0.867. The van der Waals surface area contributed by atoms with Gasteiger partial charge in [-0.1, -0.05) is 20.3 Å². The molecule has 0 aromatic carbocycles. The van der Waals surface area contributed by atoms with Gasteiger partial charge in [0.15, 0.2) is 0 Å². The van der Waals surface area contributed by atoms with Gasteiger partial charge in [-0.15, -0.1) is 11.3 Å². The van der Waals surface area contributed by atoms with Crippen LogP contribution in [0.1, 0.15) is 31.9 Å². The van der Waals surface area contributed by atoms with Crippen molar-refractivity contribution in [3.05, 3.63) is 20.8 Å². The van der Waals surface area contributed by atoms with Gasteiger partial charge < -0.3 is 5.11 Å². The number of aliphatic hydroxyl groups excluding tert-OH is 1. The lowest BCUT2D eigenvalue weighted by Gasteiger charge is -2.15. The van der Waals surface area contributed by atoms with E-state index >= 15 is 0 Å². The zero-order valence-corrected chi connectivity index (χ0v) is 9.65. The monoisotopic (exact) mass is 248 g/mol. The molecule has 0 saturated carbocycles. The number of thiophene rings is 1. The van der Waals surface area contributed by atoms with Crippen molar-refractivity contribution in [1.29, 1.82) is 0 Å². The molecule has 0 aliphatic heterocycles. The lowest BCUT2D eigenvalue weighted by Crippen LogP contribution is -2.06. The van der Waals surface area contributed by atoms with Crippen LogP contribution in [0, 0.1) is 5.92 Å². The lowest BCUT2D eigenvalue weighted by atomic mass is 9.98. The summed E-state index contributed by atoms with van der Waals surface area (Å²) in [6.07, 6.45) is 0.701. The number of halogens is 1. The summed E-state index contributed by atoms with van der Waals surface area (Å²) in [6.45, 7) is 4.16.